The molecule has 3 nitrogen and oxygen atoms in total. The zero-order chi connectivity index (χ0) is 9.14. The third-order valence-corrected chi connectivity index (χ3v) is 1.68. The molecule has 0 aliphatic carbocycles. The van der Waals surface area contributed by atoms with Gasteiger partial charge in [-0.1, -0.05) is 6.08 Å². The van der Waals surface area contributed by atoms with Crippen LogP contribution >= 0.6 is 0 Å². The molecule has 0 unspecified atom stereocenters. The molecular formula is C9H12NO2+. The lowest BCUT2D eigenvalue weighted by atomic mass is 10.1. The second-order valence-electron chi connectivity index (χ2n) is 2.52. The number of rotatable bonds is 2. The van der Waals surface area contributed by atoms with Crippen LogP contribution in [0.15, 0.2) is 24.8 Å². The number of allylic oxidation sites excluding steroid dienone is 1. The summed E-state index contributed by atoms with van der Waals surface area (Å²) in [5.41, 5.74) is 6.48. The lowest BCUT2D eigenvalue weighted by Gasteiger charge is -2.04. The van der Waals surface area contributed by atoms with Crippen molar-refractivity contribution in [1.82, 2.24) is 0 Å². The molecule has 0 aromatic heterocycles. The summed E-state index contributed by atoms with van der Waals surface area (Å²) in [6, 6.07) is 2.94. The minimum Gasteiger partial charge on any atom is -0.592 e. The van der Waals surface area contributed by atoms with Crippen LogP contribution in [0.3, 0.4) is 0 Å². The molecule has 5 N–H and O–H groups in total. The van der Waals surface area contributed by atoms with Crippen molar-refractivity contribution in [1.29, 1.82) is 0 Å². The van der Waals surface area contributed by atoms with Gasteiger partial charge in [0.1, 0.15) is 11.4 Å². The number of hydrogen-bond donors (Lipinski definition) is 2. The maximum Gasteiger partial charge on any atom is 0.277 e. The van der Waals surface area contributed by atoms with Gasteiger partial charge in [-0.25, -0.2) is 0 Å². The molecule has 0 amide bonds. The zero-order valence-electron chi connectivity index (χ0n) is 6.67. The van der Waals surface area contributed by atoms with Gasteiger partial charge < -0.3 is 15.9 Å². The van der Waals surface area contributed by atoms with Gasteiger partial charge >= 0.3 is 0 Å². The van der Waals surface area contributed by atoms with E-state index in [0.717, 1.165) is 0 Å². The predicted molar refractivity (Wildman–Crippen MR) is 49.5 cm³/mol. The third-order valence-electron chi connectivity index (χ3n) is 1.68. The van der Waals surface area contributed by atoms with Gasteiger partial charge in [0.15, 0.2) is 0 Å². The van der Waals surface area contributed by atoms with E-state index in [4.69, 9.17) is 10.8 Å². The van der Waals surface area contributed by atoms with Crippen molar-refractivity contribution in [3.63, 3.8) is 0 Å². The van der Waals surface area contributed by atoms with E-state index in [2.05, 4.69) is 6.58 Å². The van der Waals surface area contributed by atoms with E-state index in [-0.39, 0.29) is 11.5 Å². The molecule has 0 heterocycles. The first-order valence-corrected chi connectivity index (χ1v) is 3.59. The summed E-state index contributed by atoms with van der Waals surface area (Å²) >= 11 is 0. The van der Waals surface area contributed by atoms with Crippen LogP contribution in [0.25, 0.3) is 0 Å². The Labute approximate surface area is 70.8 Å². The molecule has 3 heteroatoms. The SMILES string of the molecule is C=CCc1c(O)ccc([OH2+])c1N. The smallest absolute Gasteiger partial charge is 0.277 e. The van der Waals surface area contributed by atoms with Crippen molar-refractivity contribution < 1.29 is 10.2 Å². The highest BCUT2D eigenvalue weighted by molar-refractivity contribution is 5.63. The Balaban J connectivity index is 3.22. The third kappa shape index (κ3) is 1.34. The average Bonchev–Trinajstić information content (AvgIpc) is 2.06. The van der Waals surface area contributed by atoms with Crippen LogP contribution < -0.4 is 5.73 Å². The van der Waals surface area contributed by atoms with Crippen LogP contribution in [0.2, 0.25) is 0 Å². The number of nitrogens with two attached hydrogens (primary N) is 1. The summed E-state index contributed by atoms with van der Waals surface area (Å²) in [6.45, 7) is 3.54. The van der Waals surface area contributed by atoms with E-state index in [1.165, 1.54) is 12.1 Å². The Bertz CT molecular complexity index is 308. The topological polar surface area (TPSA) is 69.1 Å². The molecule has 0 saturated heterocycles. The number of anilines is 1. The lowest BCUT2D eigenvalue weighted by molar-refractivity contribution is 0.458. The second kappa shape index (κ2) is 3.17. The second-order valence-corrected chi connectivity index (χ2v) is 2.52. The zero-order valence-corrected chi connectivity index (χ0v) is 6.67. The standard InChI is InChI=1S/C9H11NO2/c1-2-3-6-7(11)4-5-8(12)9(6)10/h2,4-5,11-12H,1,3,10H2/p+1. The largest absolute Gasteiger partial charge is 0.592 e. The summed E-state index contributed by atoms with van der Waals surface area (Å²) in [7, 11) is 0. The molecule has 1 rings (SSSR count). The van der Waals surface area contributed by atoms with E-state index in [1.807, 2.05) is 0 Å². The van der Waals surface area contributed by atoms with Crippen LogP contribution in [-0.4, -0.2) is 10.2 Å². The number of benzene rings is 1. The Morgan fingerprint density at radius 2 is 2.25 bits per heavy atom. The molecule has 0 aliphatic rings. The first-order chi connectivity index (χ1) is 5.66. The molecule has 1 aromatic rings. The van der Waals surface area contributed by atoms with E-state index < -0.39 is 0 Å². The summed E-state index contributed by atoms with van der Waals surface area (Å²) in [5, 5.41) is 16.7. The summed E-state index contributed by atoms with van der Waals surface area (Å²) < 4.78 is 0. The fourth-order valence-electron chi connectivity index (χ4n) is 1.01. The minimum absolute atomic E-state index is 0.128. The average molecular weight is 166 g/mol. The highest BCUT2D eigenvalue weighted by Gasteiger charge is 2.10. The molecule has 0 fully saturated rings. The maximum absolute atomic E-state index is 9.34. The first-order valence-electron chi connectivity index (χ1n) is 3.59. The highest BCUT2D eigenvalue weighted by atomic mass is 16.3. The van der Waals surface area contributed by atoms with Gasteiger partial charge in [0.05, 0.1) is 0 Å². The van der Waals surface area contributed by atoms with Crippen LogP contribution in [0.1, 0.15) is 5.56 Å². The fourth-order valence-corrected chi connectivity index (χ4v) is 1.01. The Hall–Kier alpha value is -1.64. The van der Waals surface area contributed by atoms with Crippen LogP contribution in [0, 0.1) is 0 Å². The Morgan fingerprint density at radius 3 is 2.83 bits per heavy atom. The normalized spacial score (nSPS) is 9.67. The maximum atomic E-state index is 9.34. The van der Waals surface area contributed by atoms with Gasteiger partial charge in [-0.2, -0.15) is 0 Å². The molecule has 1 aromatic carbocycles. The molecule has 0 spiro atoms. The van der Waals surface area contributed by atoms with Gasteiger partial charge in [0, 0.05) is 11.6 Å². The lowest BCUT2D eigenvalue weighted by Crippen LogP contribution is -1.93. The molecule has 0 atom stereocenters. The Morgan fingerprint density at radius 1 is 1.58 bits per heavy atom. The van der Waals surface area contributed by atoms with Gasteiger partial charge in [-0.15, -0.1) is 6.58 Å². The molecule has 12 heavy (non-hydrogen) atoms. The monoisotopic (exact) mass is 166 g/mol. The molecule has 0 saturated carbocycles. The van der Waals surface area contributed by atoms with E-state index in [0.29, 0.717) is 17.7 Å². The van der Waals surface area contributed by atoms with Crippen molar-refractivity contribution in [3.8, 4) is 11.5 Å². The van der Waals surface area contributed by atoms with E-state index in [9.17, 15) is 5.11 Å². The summed E-state index contributed by atoms with van der Waals surface area (Å²) in [4.78, 5) is 0. The van der Waals surface area contributed by atoms with Crippen molar-refractivity contribution in [2.45, 2.75) is 6.42 Å². The number of nitrogen functional groups attached to an aromatic ring is 1. The van der Waals surface area contributed by atoms with E-state index in [1.54, 1.807) is 6.08 Å². The van der Waals surface area contributed by atoms with Crippen molar-refractivity contribution in [2.75, 3.05) is 5.73 Å². The summed E-state index contributed by atoms with van der Waals surface area (Å²) in [6.07, 6.45) is 2.13. The molecule has 0 aliphatic heterocycles. The quantitative estimate of drug-likeness (QED) is 0.393. The van der Waals surface area contributed by atoms with Crippen LogP contribution in [0.4, 0.5) is 5.69 Å². The van der Waals surface area contributed by atoms with Gasteiger partial charge in [-0.3, -0.25) is 0 Å². The number of phenols is 1. The van der Waals surface area contributed by atoms with Gasteiger partial charge in [0.25, 0.3) is 5.75 Å². The van der Waals surface area contributed by atoms with Crippen molar-refractivity contribution in [2.24, 2.45) is 0 Å². The number of aromatic hydroxyl groups is 1. The van der Waals surface area contributed by atoms with Crippen LogP contribution in [0.5, 0.6) is 11.5 Å². The van der Waals surface area contributed by atoms with Crippen LogP contribution in [-0.2, 0) is 6.42 Å². The van der Waals surface area contributed by atoms with Gasteiger partial charge in [0.2, 0.25) is 0 Å². The number of phenolic OH excluding ortho intramolecular Hbond substituents is 1. The van der Waals surface area contributed by atoms with Gasteiger partial charge in [-0.05, 0) is 12.5 Å². The van der Waals surface area contributed by atoms with E-state index >= 15 is 0 Å². The minimum atomic E-state index is 0.128. The molecule has 0 bridgehead atoms. The first kappa shape index (κ1) is 8.46. The fraction of sp³-hybridized carbons (Fsp3) is 0.111. The molecule has 0 radical (unpaired) electrons. The summed E-state index contributed by atoms with van der Waals surface area (Å²) in [5.74, 6) is 0.369. The van der Waals surface area contributed by atoms with Crippen molar-refractivity contribution in [3.05, 3.63) is 30.4 Å². The molecule has 64 valence electrons. The van der Waals surface area contributed by atoms with Crippen molar-refractivity contribution >= 4 is 5.69 Å². The Kier molecular flexibility index (Phi) is 2.24. The molecular weight excluding hydrogens is 154 g/mol. The highest BCUT2D eigenvalue weighted by Crippen LogP contribution is 2.31. The number of hydrogen-bond acceptors (Lipinski definition) is 2. The predicted octanol–water partition coefficient (Wildman–Crippen LogP) is 1.14.